The van der Waals surface area contributed by atoms with E-state index in [0.29, 0.717) is 23.0 Å². The van der Waals surface area contributed by atoms with Gasteiger partial charge in [0.05, 0.1) is 5.54 Å². The molecule has 2 amide bonds. The topological polar surface area (TPSA) is 76.0 Å². The van der Waals surface area contributed by atoms with E-state index in [4.69, 9.17) is 0 Å². The number of aromatic nitrogens is 2. The first-order valence-electron chi connectivity index (χ1n) is 9.78. The summed E-state index contributed by atoms with van der Waals surface area (Å²) in [7, 11) is 0. The Hall–Kier alpha value is -2.63. The van der Waals surface area contributed by atoms with Crippen molar-refractivity contribution in [3.05, 3.63) is 41.7 Å². The smallest absolute Gasteiger partial charge is 0.276 e. The highest BCUT2D eigenvalue weighted by Gasteiger charge is 2.32. The number of nitrogens with one attached hydrogen (secondary N) is 2. The Balaban J connectivity index is 1.77. The summed E-state index contributed by atoms with van der Waals surface area (Å²) in [5.74, 6) is 0.183. The average molecular weight is 383 g/mol. The number of nitrogens with zero attached hydrogens (tertiary/aromatic N) is 2. The fraction of sp³-hybridized carbons (Fsp3) is 0.500. The summed E-state index contributed by atoms with van der Waals surface area (Å²) in [6, 6.07) is 9.07. The van der Waals surface area contributed by atoms with E-state index in [-0.39, 0.29) is 17.4 Å². The maximum Gasteiger partial charge on any atom is 0.276 e. The lowest BCUT2D eigenvalue weighted by Gasteiger charge is -2.22. The van der Waals surface area contributed by atoms with Crippen molar-refractivity contribution in [1.29, 1.82) is 0 Å². The lowest BCUT2D eigenvalue weighted by Crippen LogP contribution is -2.27. The van der Waals surface area contributed by atoms with Crippen molar-refractivity contribution in [2.45, 2.75) is 65.8 Å². The van der Waals surface area contributed by atoms with Gasteiger partial charge in [-0.2, -0.15) is 5.10 Å². The van der Waals surface area contributed by atoms with Gasteiger partial charge in [-0.3, -0.25) is 14.3 Å². The monoisotopic (exact) mass is 382 g/mol. The van der Waals surface area contributed by atoms with Gasteiger partial charge in [0.1, 0.15) is 0 Å². The van der Waals surface area contributed by atoms with Crippen LogP contribution < -0.4 is 10.6 Å². The van der Waals surface area contributed by atoms with Crippen LogP contribution in [0.1, 0.15) is 76.5 Å². The molecule has 150 valence electrons. The highest BCUT2D eigenvalue weighted by Crippen LogP contribution is 2.41. The van der Waals surface area contributed by atoms with Crippen molar-refractivity contribution in [3.8, 4) is 0 Å². The lowest BCUT2D eigenvalue weighted by molar-refractivity contribution is -0.123. The molecular formula is C22H30N4O2. The molecule has 0 atom stereocenters. The molecule has 0 saturated heterocycles. The minimum absolute atomic E-state index is 0.0750. The summed E-state index contributed by atoms with van der Waals surface area (Å²) < 4.78 is 1.97. The van der Waals surface area contributed by atoms with E-state index in [1.165, 1.54) is 0 Å². The predicted octanol–water partition coefficient (Wildman–Crippen LogP) is 4.75. The second-order valence-electron chi connectivity index (χ2n) is 9.55. The van der Waals surface area contributed by atoms with Crippen LogP contribution in [0.4, 0.5) is 11.4 Å². The highest BCUT2D eigenvalue weighted by atomic mass is 16.2. The van der Waals surface area contributed by atoms with E-state index in [1.54, 1.807) is 24.3 Å². The minimum atomic E-state index is -0.488. The summed E-state index contributed by atoms with van der Waals surface area (Å²) in [6.45, 7) is 11.9. The van der Waals surface area contributed by atoms with Gasteiger partial charge in [0.15, 0.2) is 5.69 Å². The van der Waals surface area contributed by atoms with Crippen LogP contribution in [-0.2, 0) is 10.3 Å². The molecule has 0 unspecified atom stereocenters. The van der Waals surface area contributed by atoms with E-state index in [2.05, 4.69) is 36.5 Å². The largest absolute Gasteiger partial charge is 0.326 e. The molecule has 1 aromatic heterocycles. The van der Waals surface area contributed by atoms with Crippen molar-refractivity contribution < 1.29 is 9.59 Å². The van der Waals surface area contributed by atoms with Crippen molar-refractivity contribution in [3.63, 3.8) is 0 Å². The molecule has 1 aliphatic carbocycles. The maximum atomic E-state index is 12.8. The minimum Gasteiger partial charge on any atom is -0.326 e. The third-order valence-corrected chi connectivity index (χ3v) is 4.66. The predicted molar refractivity (Wildman–Crippen MR) is 112 cm³/mol. The Kier molecular flexibility index (Phi) is 5.08. The van der Waals surface area contributed by atoms with Crippen LogP contribution in [0.15, 0.2) is 30.3 Å². The van der Waals surface area contributed by atoms with Crippen LogP contribution >= 0.6 is 0 Å². The standard InChI is InChI=1S/C22H30N4O2/c1-21(2,3)20(28)24-16-9-7-8-15(12-16)23-19(27)17-13-18(14-10-11-14)26(25-17)22(4,5)6/h7-9,12-14H,10-11H2,1-6H3,(H,23,27)(H,24,28). The van der Waals surface area contributed by atoms with Gasteiger partial charge in [-0.05, 0) is 57.9 Å². The summed E-state index contributed by atoms with van der Waals surface area (Å²) >= 11 is 0. The number of benzene rings is 1. The number of rotatable bonds is 4. The van der Waals surface area contributed by atoms with Gasteiger partial charge < -0.3 is 10.6 Å². The Bertz CT molecular complexity index is 896. The molecule has 2 N–H and O–H groups in total. The maximum absolute atomic E-state index is 12.8. The molecule has 0 radical (unpaired) electrons. The number of amides is 2. The molecule has 1 heterocycles. The molecule has 6 heteroatoms. The van der Waals surface area contributed by atoms with Crippen molar-refractivity contribution >= 4 is 23.2 Å². The van der Waals surface area contributed by atoms with E-state index < -0.39 is 5.41 Å². The molecular weight excluding hydrogens is 352 g/mol. The number of carbonyl (C=O) groups is 2. The van der Waals surface area contributed by atoms with Gasteiger partial charge >= 0.3 is 0 Å². The Morgan fingerprint density at radius 1 is 1.00 bits per heavy atom. The third-order valence-electron chi connectivity index (χ3n) is 4.66. The van der Waals surface area contributed by atoms with Crippen LogP contribution in [0, 0.1) is 5.41 Å². The molecule has 0 aliphatic heterocycles. The number of hydrogen-bond donors (Lipinski definition) is 2. The summed E-state index contributed by atoms with van der Waals surface area (Å²) in [4.78, 5) is 24.9. The molecule has 1 fully saturated rings. The molecule has 0 bridgehead atoms. The van der Waals surface area contributed by atoms with Gasteiger partial charge in [-0.25, -0.2) is 0 Å². The van der Waals surface area contributed by atoms with Gasteiger partial charge in [-0.15, -0.1) is 0 Å². The van der Waals surface area contributed by atoms with E-state index in [1.807, 2.05) is 31.5 Å². The van der Waals surface area contributed by atoms with Crippen LogP contribution in [0.5, 0.6) is 0 Å². The zero-order valence-corrected chi connectivity index (χ0v) is 17.6. The Labute approximate surface area is 166 Å². The molecule has 0 spiro atoms. The van der Waals surface area contributed by atoms with Gasteiger partial charge in [0.25, 0.3) is 5.91 Å². The average Bonchev–Trinajstić information content (AvgIpc) is 3.31. The lowest BCUT2D eigenvalue weighted by atomic mass is 9.95. The molecule has 1 aromatic carbocycles. The SMILES string of the molecule is CC(C)(C)C(=O)Nc1cccc(NC(=O)c2cc(C3CC3)n(C(C)(C)C)n2)c1. The first-order valence-corrected chi connectivity index (χ1v) is 9.78. The van der Waals surface area contributed by atoms with Crippen LogP contribution in [-0.4, -0.2) is 21.6 Å². The molecule has 3 rings (SSSR count). The molecule has 28 heavy (non-hydrogen) atoms. The zero-order chi connectivity index (χ0) is 20.7. The second-order valence-corrected chi connectivity index (χ2v) is 9.55. The van der Waals surface area contributed by atoms with Crippen LogP contribution in [0.2, 0.25) is 0 Å². The van der Waals surface area contributed by atoms with E-state index >= 15 is 0 Å². The first kappa shape index (κ1) is 20.1. The van der Waals surface area contributed by atoms with Crippen molar-refractivity contribution in [2.75, 3.05) is 10.6 Å². The summed E-state index contributed by atoms with van der Waals surface area (Å²) in [5.41, 5.74) is 2.16. The molecule has 2 aromatic rings. The fourth-order valence-electron chi connectivity index (χ4n) is 2.90. The Morgan fingerprint density at radius 3 is 2.14 bits per heavy atom. The summed E-state index contributed by atoms with van der Waals surface area (Å²) in [6.07, 6.45) is 2.30. The van der Waals surface area contributed by atoms with Gasteiger partial charge in [0.2, 0.25) is 5.91 Å². The quantitative estimate of drug-likeness (QED) is 0.801. The first-order chi connectivity index (χ1) is 12.9. The van der Waals surface area contributed by atoms with Gasteiger partial charge in [-0.1, -0.05) is 26.8 Å². The highest BCUT2D eigenvalue weighted by molar-refractivity contribution is 6.03. The zero-order valence-electron chi connectivity index (χ0n) is 17.6. The number of hydrogen-bond acceptors (Lipinski definition) is 3. The normalized spacial score (nSPS) is 14.6. The van der Waals surface area contributed by atoms with E-state index in [9.17, 15) is 9.59 Å². The Morgan fingerprint density at radius 2 is 1.61 bits per heavy atom. The second kappa shape index (κ2) is 7.08. The molecule has 1 aliphatic rings. The number of carbonyl (C=O) groups excluding carboxylic acids is 2. The van der Waals surface area contributed by atoms with E-state index in [0.717, 1.165) is 18.5 Å². The van der Waals surface area contributed by atoms with Crippen molar-refractivity contribution in [2.24, 2.45) is 5.41 Å². The van der Waals surface area contributed by atoms with Crippen LogP contribution in [0.3, 0.4) is 0 Å². The summed E-state index contributed by atoms with van der Waals surface area (Å²) in [5, 5.41) is 10.4. The van der Waals surface area contributed by atoms with Crippen molar-refractivity contribution in [1.82, 2.24) is 9.78 Å². The molecule has 6 nitrogen and oxygen atoms in total. The van der Waals surface area contributed by atoms with Gasteiger partial charge in [0, 0.05) is 28.4 Å². The number of anilines is 2. The third kappa shape index (κ3) is 4.61. The van der Waals surface area contributed by atoms with Crippen LogP contribution in [0.25, 0.3) is 0 Å². The molecule has 1 saturated carbocycles. The fourth-order valence-corrected chi connectivity index (χ4v) is 2.90.